The first kappa shape index (κ1) is 31.2. The molecule has 12 nitrogen and oxygen atoms in total. The van der Waals surface area contributed by atoms with Crippen molar-refractivity contribution in [3.63, 3.8) is 0 Å². The van der Waals surface area contributed by atoms with Crippen LogP contribution in [0.15, 0.2) is 69.6 Å². The minimum atomic E-state index is -2.02. The molecule has 4 aliphatic rings. The van der Waals surface area contributed by atoms with Crippen LogP contribution >= 0.6 is 0 Å². The highest BCUT2D eigenvalue weighted by molar-refractivity contribution is 6.12. The predicted molar refractivity (Wildman–Crippen MR) is 146 cm³/mol. The maximum Gasteiger partial charge on any atom is 0.303 e. The molecule has 4 atom stereocenters. The number of hydrogen-bond donors (Lipinski definition) is 0. The molecule has 0 unspecified atom stereocenters. The Morgan fingerprint density at radius 3 is 1.33 bits per heavy atom. The SMILES string of the molecule is CC(=O)O[C@H]1C2=COC(C)=CC2=C(CC2=C3C=C(C)OC=C3[C@H](OC(C)=O)[C@@](C)(OC(C)=O)C2=O)C(=O)[C@]1(C)OC(C)=O. The number of esters is 4. The Labute approximate surface area is 247 Å². The molecule has 0 saturated carbocycles. The highest BCUT2D eigenvalue weighted by Gasteiger charge is 2.58. The summed E-state index contributed by atoms with van der Waals surface area (Å²) < 4.78 is 33.2. The van der Waals surface area contributed by atoms with Gasteiger partial charge in [-0.3, -0.25) is 28.8 Å². The number of ether oxygens (including phenoxy) is 6. The molecular formula is C31H32O12. The van der Waals surface area contributed by atoms with Crippen LogP contribution in [0.3, 0.4) is 0 Å². The molecule has 228 valence electrons. The fourth-order valence-electron chi connectivity index (χ4n) is 5.69. The molecule has 2 heterocycles. The fourth-order valence-corrected chi connectivity index (χ4v) is 5.69. The first-order chi connectivity index (χ1) is 20.0. The maximum absolute atomic E-state index is 14.3. The summed E-state index contributed by atoms with van der Waals surface area (Å²) in [5, 5.41) is 0. The molecule has 0 spiro atoms. The average Bonchev–Trinajstić information content (AvgIpc) is 2.88. The zero-order chi connectivity index (χ0) is 32.0. The smallest absolute Gasteiger partial charge is 0.303 e. The van der Waals surface area contributed by atoms with Gasteiger partial charge in [-0.05, 0) is 51.0 Å². The van der Waals surface area contributed by atoms with E-state index in [0.717, 1.165) is 27.7 Å². The van der Waals surface area contributed by atoms with Crippen LogP contribution in [0.25, 0.3) is 0 Å². The van der Waals surface area contributed by atoms with Gasteiger partial charge >= 0.3 is 23.9 Å². The van der Waals surface area contributed by atoms with Crippen molar-refractivity contribution < 1.29 is 57.2 Å². The topological polar surface area (TPSA) is 158 Å². The van der Waals surface area contributed by atoms with Gasteiger partial charge in [-0.15, -0.1) is 0 Å². The third-order valence-electron chi connectivity index (χ3n) is 7.36. The van der Waals surface area contributed by atoms with E-state index >= 15 is 0 Å². The number of ketones is 2. The van der Waals surface area contributed by atoms with E-state index in [0.29, 0.717) is 22.7 Å². The predicted octanol–water partition coefficient (Wildman–Crippen LogP) is 3.28. The Hall–Kier alpha value is -4.74. The standard InChI is InChI=1S/C31H32O12/c1-14-9-20-22(26(36)30(7,42-18(5)34)28(40-16(3)32)24(20)12-38-14)11-23-21-10-15(2)39-13-25(21)29(41-17(4)33)31(8,27(23)37)43-19(6)35/h9-10,12-13,28-29H,11H2,1-8H3/t28-,29-,30-,31-/m0/s1. The van der Waals surface area contributed by atoms with Crippen molar-refractivity contribution >= 4 is 35.4 Å². The number of fused-ring (bicyclic) bond motifs is 2. The molecular weight excluding hydrogens is 564 g/mol. The van der Waals surface area contributed by atoms with Gasteiger partial charge in [0.2, 0.25) is 22.8 Å². The van der Waals surface area contributed by atoms with Gasteiger partial charge in [0.25, 0.3) is 0 Å². The van der Waals surface area contributed by atoms with Gasteiger partial charge in [-0.1, -0.05) is 0 Å². The molecule has 0 aromatic carbocycles. The third kappa shape index (κ3) is 5.56. The Morgan fingerprint density at radius 2 is 1.02 bits per heavy atom. The summed E-state index contributed by atoms with van der Waals surface area (Å²) in [6, 6.07) is 0. The van der Waals surface area contributed by atoms with Gasteiger partial charge in [-0.2, -0.15) is 0 Å². The van der Waals surface area contributed by atoms with Crippen LogP contribution in [0.1, 0.15) is 61.8 Å². The summed E-state index contributed by atoms with van der Waals surface area (Å²) in [7, 11) is 0. The van der Waals surface area contributed by atoms with Crippen molar-refractivity contribution in [2.45, 2.75) is 85.2 Å². The van der Waals surface area contributed by atoms with Crippen molar-refractivity contribution in [1.82, 2.24) is 0 Å². The van der Waals surface area contributed by atoms with Crippen molar-refractivity contribution in [3.8, 4) is 0 Å². The van der Waals surface area contributed by atoms with Crippen LogP contribution in [-0.4, -0.2) is 58.9 Å². The van der Waals surface area contributed by atoms with Crippen molar-refractivity contribution in [3.05, 3.63) is 69.6 Å². The van der Waals surface area contributed by atoms with E-state index in [4.69, 9.17) is 28.4 Å². The van der Waals surface area contributed by atoms with Crippen LogP contribution in [0.5, 0.6) is 0 Å². The molecule has 43 heavy (non-hydrogen) atoms. The van der Waals surface area contributed by atoms with Crippen LogP contribution in [-0.2, 0) is 57.2 Å². The lowest BCUT2D eigenvalue weighted by molar-refractivity contribution is -0.181. The molecule has 0 aromatic heterocycles. The first-order valence-corrected chi connectivity index (χ1v) is 13.4. The van der Waals surface area contributed by atoms with Gasteiger partial charge in [0, 0.05) is 56.4 Å². The molecule has 2 aliphatic heterocycles. The third-order valence-corrected chi connectivity index (χ3v) is 7.36. The lowest BCUT2D eigenvalue weighted by atomic mass is 9.69. The van der Waals surface area contributed by atoms with E-state index in [1.54, 1.807) is 26.0 Å². The molecule has 0 aromatic rings. The molecule has 0 saturated heterocycles. The second-order valence-corrected chi connectivity index (χ2v) is 10.9. The van der Waals surface area contributed by atoms with Crippen molar-refractivity contribution in [2.75, 3.05) is 0 Å². The number of Topliss-reactive ketones (excluding diaryl/α,β-unsaturated/α-hetero) is 2. The molecule has 0 bridgehead atoms. The number of hydrogen-bond acceptors (Lipinski definition) is 12. The highest BCUT2D eigenvalue weighted by Crippen LogP contribution is 2.47. The van der Waals surface area contributed by atoms with Crippen molar-refractivity contribution in [2.24, 2.45) is 0 Å². The maximum atomic E-state index is 14.3. The van der Waals surface area contributed by atoms with E-state index < -0.39 is 58.9 Å². The fraction of sp³-hybridized carbons (Fsp3) is 0.419. The Balaban J connectivity index is 1.99. The molecule has 0 radical (unpaired) electrons. The second kappa shape index (κ2) is 11.2. The molecule has 0 fully saturated rings. The highest BCUT2D eigenvalue weighted by atomic mass is 16.6. The molecule has 0 N–H and O–H groups in total. The zero-order valence-corrected chi connectivity index (χ0v) is 25.1. The number of rotatable bonds is 6. The second-order valence-electron chi connectivity index (χ2n) is 10.9. The van der Waals surface area contributed by atoms with E-state index in [2.05, 4.69) is 0 Å². The molecule has 0 amide bonds. The summed E-state index contributed by atoms with van der Waals surface area (Å²) in [4.78, 5) is 77.3. The summed E-state index contributed by atoms with van der Waals surface area (Å²) in [5.74, 6) is -3.72. The van der Waals surface area contributed by atoms with Crippen LogP contribution in [0.2, 0.25) is 0 Å². The lowest BCUT2D eigenvalue weighted by Gasteiger charge is -2.43. The van der Waals surface area contributed by atoms with E-state index in [-0.39, 0.29) is 28.7 Å². The van der Waals surface area contributed by atoms with Gasteiger partial charge in [-0.25, -0.2) is 0 Å². The van der Waals surface area contributed by atoms with E-state index in [1.807, 2.05) is 0 Å². The minimum absolute atomic E-state index is 0.0462. The van der Waals surface area contributed by atoms with Gasteiger partial charge in [0.05, 0.1) is 12.5 Å². The number of allylic oxidation sites excluding steroid dienone is 4. The molecule has 4 rings (SSSR count). The summed E-state index contributed by atoms with van der Waals surface area (Å²) >= 11 is 0. The van der Waals surface area contributed by atoms with Gasteiger partial charge in [0.1, 0.15) is 11.5 Å². The summed E-state index contributed by atoms with van der Waals surface area (Å²) in [6.45, 7) is 10.4. The number of carbonyl (C=O) groups excluding carboxylic acids is 6. The van der Waals surface area contributed by atoms with E-state index in [9.17, 15) is 28.8 Å². The van der Waals surface area contributed by atoms with Crippen LogP contribution in [0.4, 0.5) is 0 Å². The molecule has 12 heteroatoms. The Bertz CT molecular complexity index is 1430. The Kier molecular flexibility index (Phi) is 8.10. The molecule has 2 aliphatic carbocycles. The van der Waals surface area contributed by atoms with Crippen LogP contribution < -0.4 is 0 Å². The lowest BCUT2D eigenvalue weighted by Crippen LogP contribution is -2.58. The average molecular weight is 597 g/mol. The number of carbonyl (C=O) groups is 6. The summed E-state index contributed by atoms with van der Waals surface area (Å²) in [5.41, 5.74) is -2.86. The quantitative estimate of drug-likeness (QED) is 0.326. The zero-order valence-electron chi connectivity index (χ0n) is 25.1. The Morgan fingerprint density at radius 1 is 0.674 bits per heavy atom. The van der Waals surface area contributed by atoms with Crippen LogP contribution in [0, 0.1) is 0 Å². The minimum Gasteiger partial charge on any atom is -0.469 e. The monoisotopic (exact) mass is 596 g/mol. The largest absolute Gasteiger partial charge is 0.469 e. The van der Waals surface area contributed by atoms with Gasteiger partial charge < -0.3 is 28.4 Å². The van der Waals surface area contributed by atoms with E-state index in [1.165, 1.54) is 26.4 Å². The van der Waals surface area contributed by atoms with Crippen molar-refractivity contribution in [1.29, 1.82) is 0 Å². The summed E-state index contributed by atoms with van der Waals surface area (Å²) in [6.07, 6.45) is 2.67. The van der Waals surface area contributed by atoms with Gasteiger partial charge in [0.15, 0.2) is 12.2 Å². The first-order valence-electron chi connectivity index (χ1n) is 13.4. The normalized spacial score (nSPS) is 28.1.